The summed E-state index contributed by atoms with van der Waals surface area (Å²) < 4.78 is 12.6. The number of nitrogens with one attached hydrogen (secondary N) is 1. The quantitative estimate of drug-likeness (QED) is 0.752. The lowest BCUT2D eigenvalue weighted by Gasteiger charge is -2.11. The molecule has 0 fully saturated rings. The molecule has 0 saturated heterocycles. The van der Waals surface area contributed by atoms with Gasteiger partial charge in [-0.2, -0.15) is 0 Å². The standard InChI is InChI=1S/C15H21N3O2/c1-3-20-14-7-4-6-13(12-14)17-15-16-8-10-18(15)9-5-11-19-2/h4,6-8,10,12H,3,5,9,11H2,1-2H3,(H,16,17). The Kier molecular flexibility index (Phi) is 5.43. The van der Waals surface area contributed by atoms with E-state index < -0.39 is 0 Å². The minimum atomic E-state index is 0.662. The van der Waals surface area contributed by atoms with Crippen molar-refractivity contribution in [2.24, 2.45) is 0 Å². The molecular weight excluding hydrogens is 254 g/mol. The molecule has 5 heteroatoms. The average Bonchev–Trinajstić information content (AvgIpc) is 2.87. The molecule has 0 unspecified atom stereocenters. The van der Waals surface area contributed by atoms with Crippen LogP contribution < -0.4 is 10.1 Å². The Morgan fingerprint density at radius 3 is 3.05 bits per heavy atom. The lowest BCUT2D eigenvalue weighted by Crippen LogP contribution is -2.05. The normalized spacial score (nSPS) is 10.5. The van der Waals surface area contributed by atoms with E-state index in [4.69, 9.17) is 9.47 Å². The van der Waals surface area contributed by atoms with Crippen LogP contribution in [0, 0.1) is 0 Å². The van der Waals surface area contributed by atoms with Crippen LogP contribution in [0.1, 0.15) is 13.3 Å². The first-order valence-electron chi connectivity index (χ1n) is 6.83. The van der Waals surface area contributed by atoms with Crippen LogP contribution in [0.25, 0.3) is 0 Å². The summed E-state index contributed by atoms with van der Waals surface area (Å²) in [6.45, 7) is 4.26. The molecule has 1 aromatic carbocycles. The third-order valence-corrected chi connectivity index (χ3v) is 2.86. The molecule has 1 aromatic heterocycles. The lowest BCUT2D eigenvalue weighted by atomic mass is 10.3. The molecule has 0 aliphatic heterocycles. The monoisotopic (exact) mass is 275 g/mol. The Labute approximate surface area is 119 Å². The molecule has 108 valence electrons. The van der Waals surface area contributed by atoms with Crippen LogP contribution in [0.2, 0.25) is 0 Å². The topological polar surface area (TPSA) is 48.3 Å². The Balaban J connectivity index is 2.02. The number of methoxy groups -OCH3 is 1. The van der Waals surface area contributed by atoms with Crippen molar-refractivity contribution in [3.8, 4) is 5.75 Å². The van der Waals surface area contributed by atoms with Gasteiger partial charge in [-0.3, -0.25) is 0 Å². The van der Waals surface area contributed by atoms with Gasteiger partial charge in [0.15, 0.2) is 0 Å². The van der Waals surface area contributed by atoms with Gasteiger partial charge in [0, 0.05) is 44.4 Å². The molecule has 0 bridgehead atoms. The molecule has 2 aromatic rings. The van der Waals surface area contributed by atoms with Crippen molar-refractivity contribution < 1.29 is 9.47 Å². The molecule has 5 nitrogen and oxygen atoms in total. The van der Waals surface area contributed by atoms with Crippen molar-refractivity contribution in [3.05, 3.63) is 36.7 Å². The predicted octanol–water partition coefficient (Wildman–Crippen LogP) is 3.06. The molecule has 0 atom stereocenters. The van der Waals surface area contributed by atoms with Crippen LogP contribution in [0.4, 0.5) is 11.6 Å². The number of aromatic nitrogens is 2. The second-order valence-electron chi connectivity index (χ2n) is 4.38. The zero-order chi connectivity index (χ0) is 14.2. The molecular formula is C15H21N3O2. The van der Waals surface area contributed by atoms with Gasteiger partial charge in [-0.05, 0) is 25.5 Å². The van der Waals surface area contributed by atoms with Crippen LogP contribution in [-0.2, 0) is 11.3 Å². The summed E-state index contributed by atoms with van der Waals surface area (Å²) >= 11 is 0. The molecule has 0 aliphatic rings. The number of hydrogen-bond acceptors (Lipinski definition) is 4. The highest BCUT2D eigenvalue weighted by Gasteiger charge is 2.03. The van der Waals surface area contributed by atoms with Crippen LogP contribution in [0.3, 0.4) is 0 Å². The average molecular weight is 275 g/mol. The lowest BCUT2D eigenvalue weighted by molar-refractivity contribution is 0.190. The Hall–Kier alpha value is -2.01. The third kappa shape index (κ3) is 3.99. The van der Waals surface area contributed by atoms with E-state index in [0.717, 1.165) is 37.0 Å². The summed E-state index contributed by atoms with van der Waals surface area (Å²) in [6, 6.07) is 7.87. The largest absolute Gasteiger partial charge is 0.494 e. The third-order valence-electron chi connectivity index (χ3n) is 2.86. The van der Waals surface area contributed by atoms with Crippen LogP contribution in [0.5, 0.6) is 5.75 Å². The number of anilines is 2. The zero-order valence-electron chi connectivity index (χ0n) is 12.0. The van der Waals surface area contributed by atoms with Gasteiger partial charge >= 0.3 is 0 Å². The van der Waals surface area contributed by atoms with Crippen LogP contribution in [0.15, 0.2) is 36.7 Å². The number of nitrogens with zero attached hydrogens (tertiary/aromatic N) is 2. The molecule has 0 spiro atoms. The maximum Gasteiger partial charge on any atom is 0.207 e. The summed E-state index contributed by atoms with van der Waals surface area (Å²) in [6.07, 6.45) is 4.71. The first-order valence-corrected chi connectivity index (χ1v) is 6.83. The molecule has 1 N–H and O–H groups in total. The highest BCUT2D eigenvalue weighted by atomic mass is 16.5. The summed E-state index contributed by atoms with van der Waals surface area (Å²) in [7, 11) is 1.71. The molecule has 0 aliphatic carbocycles. The smallest absolute Gasteiger partial charge is 0.207 e. The second-order valence-corrected chi connectivity index (χ2v) is 4.38. The number of rotatable bonds is 8. The number of ether oxygens (including phenoxy) is 2. The minimum Gasteiger partial charge on any atom is -0.494 e. The van der Waals surface area contributed by atoms with Gasteiger partial charge in [0.05, 0.1) is 6.61 Å². The highest BCUT2D eigenvalue weighted by molar-refractivity contribution is 5.56. The number of hydrogen-bond donors (Lipinski definition) is 1. The van der Waals surface area contributed by atoms with Crippen molar-refractivity contribution in [3.63, 3.8) is 0 Å². The van der Waals surface area contributed by atoms with Gasteiger partial charge in [0.1, 0.15) is 5.75 Å². The molecule has 0 saturated carbocycles. The molecule has 0 radical (unpaired) electrons. The van der Waals surface area contributed by atoms with Crippen molar-refractivity contribution in [2.45, 2.75) is 19.9 Å². The van der Waals surface area contributed by atoms with E-state index in [9.17, 15) is 0 Å². The predicted molar refractivity (Wildman–Crippen MR) is 79.6 cm³/mol. The fourth-order valence-corrected chi connectivity index (χ4v) is 1.95. The summed E-state index contributed by atoms with van der Waals surface area (Å²) in [5.74, 6) is 1.68. The van der Waals surface area contributed by atoms with Gasteiger partial charge in [-0.15, -0.1) is 0 Å². The fourth-order valence-electron chi connectivity index (χ4n) is 1.95. The Bertz CT molecular complexity index is 525. The van der Waals surface area contributed by atoms with Crippen molar-refractivity contribution in [2.75, 3.05) is 25.6 Å². The van der Waals surface area contributed by atoms with Gasteiger partial charge < -0.3 is 19.4 Å². The van der Waals surface area contributed by atoms with E-state index in [1.54, 1.807) is 13.3 Å². The van der Waals surface area contributed by atoms with E-state index in [1.165, 1.54) is 0 Å². The van der Waals surface area contributed by atoms with E-state index in [1.807, 2.05) is 37.4 Å². The number of imidazole rings is 1. The van der Waals surface area contributed by atoms with Gasteiger partial charge in [0.2, 0.25) is 5.95 Å². The summed E-state index contributed by atoms with van der Waals surface area (Å²) in [5, 5.41) is 3.31. The first kappa shape index (κ1) is 14.4. The van der Waals surface area contributed by atoms with Crippen molar-refractivity contribution >= 4 is 11.6 Å². The summed E-state index contributed by atoms with van der Waals surface area (Å²) in [4.78, 5) is 4.34. The minimum absolute atomic E-state index is 0.662. The second kappa shape index (κ2) is 7.55. The van der Waals surface area contributed by atoms with E-state index in [0.29, 0.717) is 6.61 Å². The molecule has 2 rings (SSSR count). The highest BCUT2D eigenvalue weighted by Crippen LogP contribution is 2.20. The van der Waals surface area contributed by atoms with Gasteiger partial charge in [-0.25, -0.2) is 4.98 Å². The Morgan fingerprint density at radius 2 is 2.25 bits per heavy atom. The number of aryl methyl sites for hydroxylation is 1. The maximum absolute atomic E-state index is 5.49. The summed E-state index contributed by atoms with van der Waals surface area (Å²) in [5.41, 5.74) is 0.968. The van der Waals surface area contributed by atoms with E-state index in [2.05, 4.69) is 14.9 Å². The van der Waals surface area contributed by atoms with Gasteiger partial charge in [-0.1, -0.05) is 6.07 Å². The van der Waals surface area contributed by atoms with E-state index in [-0.39, 0.29) is 0 Å². The zero-order valence-corrected chi connectivity index (χ0v) is 12.0. The van der Waals surface area contributed by atoms with Crippen LogP contribution >= 0.6 is 0 Å². The fraction of sp³-hybridized carbons (Fsp3) is 0.400. The molecule has 20 heavy (non-hydrogen) atoms. The first-order chi connectivity index (χ1) is 9.83. The number of benzene rings is 1. The van der Waals surface area contributed by atoms with Crippen LogP contribution in [-0.4, -0.2) is 29.9 Å². The maximum atomic E-state index is 5.49. The van der Waals surface area contributed by atoms with Crippen molar-refractivity contribution in [1.29, 1.82) is 0 Å². The molecule has 1 heterocycles. The SMILES string of the molecule is CCOc1cccc(Nc2nccn2CCCOC)c1. The van der Waals surface area contributed by atoms with E-state index >= 15 is 0 Å². The Morgan fingerprint density at radius 1 is 1.35 bits per heavy atom. The van der Waals surface area contributed by atoms with Gasteiger partial charge in [0.25, 0.3) is 0 Å². The van der Waals surface area contributed by atoms with Crippen molar-refractivity contribution in [1.82, 2.24) is 9.55 Å². The molecule has 0 amide bonds.